The summed E-state index contributed by atoms with van der Waals surface area (Å²) in [6.45, 7) is 1.51. The van der Waals surface area contributed by atoms with Crippen LogP contribution in [0.2, 0.25) is 5.02 Å². The van der Waals surface area contributed by atoms with E-state index >= 15 is 0 Å². The van der Waals surface area contributed by atoms with Crippen molar-refractivity contribution in [3.63, 3.8) is 0 Å². The first-order valence-electron chi connectivity index (χ1n) is 5.38. The molecular weight excluding hydrogens is 258 g/mol. The first kappa shape index (κ1) is 13.0. The van der Waals surface area contributed by atoms with Gasteiger partial charge in [0, 0.05) is 22.2 Å². The summed E-state index contributed by atoms with van der Waals surface area (Å²) >= 11 is 5.94. The van der Waals surface area contributed by atoms with Gasteiger partial charge in [-0.05, 0) is 24.6 Å². The Balaban J connectivity index is 2.50. The topological polar surface area (TPSA) is 20.2 Å². The highest BCUT2D eigenvalue weighted by Gasteiger charge is 2.18. The molecule has 0 saturated carbocycles. The van der Waals surface area contributed by atoms with E-state index in [4.69, 9.17) is 11.6 Å². The van der Waals surface area contributed by atoms with Crippen molar-refractivity contribution in [2.45, 2.75) is 13.0 Å². The van der Waals surface area contributed by atoms with E-state index in [1.807, 2.05) is 0 Å². The molecule has 2 aromatic rings. The van der Waals surface area contributed by atoms with Crippen LogP contribution in [0.1, 0.15) is 22.8 Å². The summed E-state index contributed by atoms with van der Waals surface area (Å²) in [4.78, 5) is 0. The Kier molecular flexibility index (Phi) is 3.64. The summed E-state index contributed by atoms with van der Waals surface area (Å²) in [6, 6.07) is 8.67. The Morgan fingerprint density at radius 2 is 1.72 bits per heavy atom. The Hall–Kier alpha value is -1.45. The van der Waals surface area contributed by atoms with Gasteiger partial charge in [0.25, 0.3) is 0 Å². The zero-order valence-electron chi connectivity index (χ0n) is 9.62. The minimum Gasteiger partial charge on any atom is -0.383 e. The highest BCUT2D eigenvalue weighted by Crippen LogP contribution is 2.30. The van der Waals surface area contributed by atoms with E-state index in [1.54, 1.807) is 24.3 Å². The lowest BCUT2D eigenvalue weighted by Crippen LogP contribution is -2.05. The molecule has 0 heterocycles. The molecule has 0 aliphatic carbocycles. The van der Waals surface area contributed by atoms with Gasteiger partial charge in [0.05, 0.1) is 0 Å². The molecule has 2 rings (SSSR count). The third-order valence-electron chi connectivity index (χ3n) is 2.77. The molecule has 0 amide bonds. The van der Waals surface area contributed by atoms with Crippen LogP contribution in [0.4, 0.5) is 8.78 Å². The number of aliphatic hydroxyl groups is 1. The average Bonchev–Trinajstić information content (AvgIpc) is 2.33. The first-order valence-corrected chi connectivity index (χ1v) is 5.76. The zero-order chi connectivity index (χ0) is 13.3. The van der Waals surface area contributed by atoms with E-state index in [0.29, 0.717) is 10.6 Å². The standard InChI is InChI=1S/C14H11ClF2O/c1-8-6-10(13(17)7-12(8)16)14(18)9-4-2-3-5-11(9)15/h2-7,14,18H,1H3. The van der Waals surface area contributed by atoms with Gasteiger partial charge in [-0.1, -0.05) is 29.8 Å². The fourth-order valence-electron chi connectivity index (χ4n) is 1.75. The molecule has 4 heteroatoms. The van der Waals surface area contributed by atoms with Crippen molar-refractivity contribution < 1.29 is 13.9 Å². The van der Waals surface area contributed by atoms with Crippen molar-refractivity contribution >= 4 is 11.6 Å². The van der Waals surface area contributed by atoms with Crippen LogP contribution >= 0.6 is 11.6 Å². The molecule has 0 spiro atoms. The number of hydrogen-bond acceptors (Lipinski definition) is 1. The normalized spacial score (nSPS) is 12.5. The lowest BCUT2D eigenvalue weighted by Gasteiger charge is -2.14. The van der Waals surface area contributed by atoms with Gasteiger partial charge in [-0.2, -0.15) is 0 Å². The predicted octanol–water partition coefficient (Wildman–Crippen LogP) is 4.01. The SMILES string of the molecule is Cc1cc(C(O)c2ccccc2Cl)c(F)cc1F. The van der Waals surface area contributed by atoms with Gasteiger partial charge in [0.1, 0.15) is 17.7 Å². The highest BCUT2D eigenvalue weighted by atomic mass is 35.5. The maximum absolute atomic E-state index is 13.7. The molecule has 0 saturated heterocycles. The predicted molar refractivity (Wildman–Crippen MR) is 66.6 cm³/mol. The number of aliphatic hydroxyl groups excluding tert-OH is 1. The molecule has 0 radical (unpaired) electrons. The molecule has 0 aliphatic heterocycles. The van der Waals surface area contributed by atoms with Crippen molar-refractivity contribution in [3.05, 3.63) is 69.7 Å². The van der Waals surface area contributed by atoms with Crippen LogP contribution in [0.3, 0.4) is 0 Å². The molecule has 2 aromatic carbocycles. The van der Waals surface area contributed by atoms with E-state index in [2.05, 4.69) is 0 Å². The van der Waals surface area contributed by atoms with Gasteiger partial charge in [0.2, 0.25) is 0 Å². The molecule has 94 valence electrons. The largest absolute Gasteiger partial charge is 0.383 e. The van der Waals surface area contributed by atoms with Crippen LogP contribution in [0.15, 0.2) is 36.4 Å². The summed E-state index contributed by atoms with van der Waals surface area (Å²) in [5.41, 5.74) is 0.684. The van der Waals surface area contributed by atoms with Gasteiger partial charge >= 0.3 is 0 Å². The molecule has 1 nitrogen and oxygen atoms in total. The van der Waals surface area contributed by atoms with Crippen LogP contribution in [0.5, 0.6) is 0 Å². The minimum absolute atomic E-state index is 0.0157. The lowest BCUT2D eigenvalue weighted by molar-refractivity contribution is 0.214. The Morgan fingerprint density at radius 3 is 2.39 bits per heavy atom. The summed E-state index contributed by atoms with van der Waals surface area (Å²) in [6.07, 6.45) is -1.21. The third kappa shape index (κ3) is 2.37. The van der Waals surface area contributed by atoms with E-state index in [9.17, 15) is 13.9 Å². The molecule has 1 atom stereocenters. The molecular formula is C14H11ClF2O. The van der Waals surface area contributed by atoms with Crippen LogP contribution in [-0.2, 0) is 0 Å². The Morgan fingerprint density at radius 1 is 1.06 bits per heavy atom. The molecule has 0 aliphatic rings. The number of rotatable bonds is 2. The second-order valence-electron chi connectivity index (χ2n) is 4.05. The second kappa shape index (κ2) is 5.04. The number of hydrogen-bond donors (Lipinski definition) is 1. The molecule has 0 aromatic heterocycles. The van der Waals surface area contributed by atoms with Crippen LogP contribution in [0.25, 0.3) is 0 Å². The van der Waals surface area contributed by atoms with Gasteiger partial charge in [-0.25, -0.2) is 8.78 Å². The molecule has 0 bridgehead atoms. The first-order chi connectivity index (χ1) is 8.50. The molecule has 0 fully saturated rings. The summed E-state index contributed by atoms with van der Waals surface area (Å²) < 4.78 is 26.8. The molecule has 18 heavy (non-hydrogen) atoms. The highest BCUT2D eigenvalue weighted by molar-refractivity contribution is 6.31. The van der Waals surface area contributed by atoms with E-state index in [1.165, 1.54) is 13.0 Å². The third-order valence-corrected chi connectivity index (χ3v) is 3.12. The fraction of sp³-hybridized carbons (Fsp3) is 0.143. The van der Waals surface area contributed by atoms with E-state index < -0.39 is 17.7 Å². The molecule has 1 unspecified atom stereocenters. The van der Waals surface area contributed by atoms with E-state index in [-0.39, 0.29) is 11.1 Å². The van der Waals surface area contributed by atoms with Gasteiger partial charge in [-0.15, -0.1) is 0 Å². The summed E-state index contributed by atoms with van der Waals surface area (Å²) in [5.74, 6) is -1.42. The van der Waals surface area contributed by atoms with Gasteiger partial charge in [0.15, 0.2) is 0 Å². The summed E-state index contributed by atoms with van der Waals surface area (Å²) in [7, 11) is 0. The van der Waals surface area contributed by atoms with Crippen molar-refractivity contribution in [1.29, 1.82) is 0 Å². The van der Waals surface area contributed by atoms with Crippen molar-refractivity contribution in [1.82, 2.24) is 0 Å². The summed E-state index contributed by atoms with van der Waals surface area (Å²) in [5, 5.41) is 10.5. The van der Waals surface area contributed by atoms with Crippen LogP contribution in [0, 0.1) is 18.6 Å². The monoisotopic (exact) mass is 268 g/mol. The van der Waals surface area contributed by atoms with Crippen LogP contribution in [-0.4, -0.2) is 5.11 Å². The van der Waals surface area contributed by atoms with Gasteiger partial charge in [-0.3, -0.25) is 0 Å². The smallest absolute Gasteiger partial charge is 0.132 e. The van der Waals surface area contributed by atoms with Gasteiger partial charge < -0.3 is 5.11 Å². The van der Waals surface area contributed by atoms with Crippen molar-refractivity contribution in [2.24, 2.45) is 0 Å². The fourth-order valence-corrected chi connectivity index (χ4v) is 1.99. The minimum atomic E-state index is -1.21. The van der Waals surface area contributed by atoms with Crippen molar-refractivity contribution in [3.8, 4) is 0 Å². The average molecular weight is 269 g/mol. The number of aryl methyl sites for hydroxylation is 1. The Bertz CT molecular complexity index is 584. The lowest BCUT2D eigenvalue weighted by atomic mass is 9.99. The van der Waals surface area contributed by atoms with Crippen LogP contribution < -0.4 is 0 Å². The quantitative estimate of drug-likeness (QED) is 0.873. The van der Waals surface area contributed by atoms with Crippen molar-refractivity contribution in [2.75, 3.05) is 0 Å². The number of halogens is 3. The zero-order valence-corrected chi connectivity index (χ0v) is 10.4. The second-order valence-corrected chi connectivity index (χ2v) is 4.45. The number of benzene rings is 2. The maximum atomic E-state index is 13.7. The maximum Gasteiger partial charge on any atom is 0.132 e. The van der Waals surface area contributed by atoms with E-state index in [0.717, 1.165) is 6.07 Å². The Labute approximate surface area is 109 Å². The molecule has 1 N–H and O–H groups in total.